The van der Waals surface area contributed by atoms with E-state index in [2.05, 4.69) is 20.2 Å². The summed E-state index contributed by atoms with van der Waals surface area (Å²) in [6, 6.07) is 12.0. The van der Waals surface area contributed by atoms with Crippen LogP contribution in [0.1, 0.15) is 53.1 Å². The number of nitrogens with one attached hydrogen (secondary N) is 2. The largest absolute Gasteiger partial charge is 0.344 e. The Balaban J connectivity index is 1.26. The van der Waals surface area contributed by atoms with Crippen LogP contribution in [0.2, 0.25) is 10.0 Å². The van der Waals surface area contributed by atoms with Gasteiger partial charge in [0.15, 0.2) is 5.82 Å². The Hall–Kier alpha value is -5.99. The van der Waals surface area contributed by atoms with Gasteiger partial charge in [-0.3, -0.25) is 28.2 Å². The summed E-state index contributed by atoms with van der Waals surface area (Å²) in [5.74, 6) is -10.0. The molecular weight excluding hydrogens is 904 g/mol. The minimum absolute atomic E-state index is 0.000588. The van der Waals surface area contributed by atoms with Crippen LogP contribution in [0.4, 0.5) is 36.6 Å². The van der Waals surface area contributed by atoms with Crippen molar-refractivity contribution in [2.75, 3.05) is 11.0 Å². The number of nitrogens with zero attached hydrogens (tertiary/aromatic N) is 6. The predicted molar refractivity (Wildman–Crippen MR) is 218 cm³/mol. The van der Waals surface area contributed by atoms with Crippen molar-refractivity contribution in [3.8, 4) is 16.8 Å². The quantitative estimate of drug-likeness (QED) is 0.124. The van der Waals surface area contributed by atoms with Crippen molar-refractivity contribution < 1.29 is 43.9 Å². The van der Waals surface area contributed by atoms with Gasteiger partial charge in [-0.05, 0) is 77.6 Å². The molecule has 0 radical (unpaired) electrons. The van der Waals surface area contributed by atoms with Gasteiger partial charge in [-0.2, -0.15) is 19.0 Å². The van der Waals surface area contributed by atoms with Gasteiger partial charge in [0.25, 0.3) is 17.9 Å². The van der Waals surface area contributed by atoms with Crippen LogP contribution in [0.3, 0.4) is 0 Å². The van der Waals surface area contributed by atoms with E-state index >= 15 is 8.78 Å². The summed E-state index contributed by atoms with van der Waals surface area (Å²) < 4.78 is 133. The number of hydrogen-bond donors (Lipinski definition) is 2. The molecule has 0 aliphatic heterocycles. The number of sulfonamides is 1. The highest BCUT2D eigenvalue weighted by Crippen LogP contribution is 2.68. The number of carbonyl (C=O) groups is 1. The van der Waals surface area contributed by atoms with E-state index in [9.17, 15) is 40.0 Å². The first kappa shape index (κ1) is 42.3. The lowest BCUT2D eigenvalue weighted by molar-refractivity contribution is -0.123. The second-order valence-electron chi connectivity index (χ2n) is 15.4. The van der Waals surface area contributed by atoms with Gasteiger partial charge in [0.2, 0.25) is 15.9 Å². The zero-order valence-corrected chi connectivity index (χ0v) is 34.7. The molecule has 3 atom stereocenters. The third-order valence-corrected chi connectivity index (χ3v) is 12.2. The normalized spacial score (nSPS) is 17.0. The summed E-state index contributed by atoms with van der Waals surface area (Å²) >= 11 is 12.5. The number of carbonyl (C=O) groups excluding carboxylic acids is 1. The topological polar surface area (TPSA) is 146 Å². The maximum atomic E-state index is 15.5. The van der Waals surface area contributed by atoms with E-state index in [1.807, 2.05) is 0 Å². The number of fused-ring (bicyclic) bond motifs is 5. The summed E-state index contributed by atoms with van der Waals surface area (Å²) in [4.78, 5) is 33.9. The first-order chi connectivity index (χ1) is 29.7. The molecule has 9 rings (SSSR count). The zero-order chi connectivity index (χ0) is 45.0. The minimum atomic E-state index is -3.94. The second kappa shape index (κ2) is 15.1. The van der Waals surface area contributed by atoms with Gasteiger partial charge in [-0.15, -0.1) is 0 Å². The van der Waals surface area contributed by atoms with Gasteiger partial charge in [0.1, 0.15) is 41.2 Å². The van der Waals surface area contributed by atoms with Crippen LogP contribution in [0.15, 0.2) is 71.5 Å². The minimum Gasteiger partial charge on any atom is -0.344 e. The number of alkyl halides is 4. The highest BCUT2D eigenvalue weighted by atomic mass is 35.5. The van der Waals surface area contributed by atoms with Gasteiger partial charge in [-0.1, -0.05) is 35.3 Å². The third-order valence-electron chi connectivity index (χ3n) is 11.1. The van der Waals surface area contributed by atoms with E-state index in [0.717, 1.165) is 29.0 Å². The fourth-order valence-electron chi connectivity index (χ4n) is 8.44. The number of hydrogen-bond acceptors (Lipinski definition) is 7. The Bertz CT molecular complexity index is 3250. The van der Waals surface area contributed by atoms with Crippen molar-refractivity contribution in [1.29, 1.82) is 0 Å². The molecule has 0 bridgehead atoms. The van der Waals surface area contributed by atoms with Gasteiger partial charge in [-0.25, -0.2) is 35.4 Å². The summed E-state index contributed by atoms with van der Waals surface area (Å²) in [7, 11) is -2.51. The van der Waals surface area contributed by atoms with E-state index in [0.29, 0.717) is 21.9 Å². The second-order valence-corrected chi connectivity index (χ2v) is 18.0. The van der Waals surface area contributed by atoms with Crippen molar-refractivity contribution >= 4 is 66.8 Å². The first-order valence-corrected chi connectivity index (χ1v) is 21.5. The van der Waals surface area contributed by atoms with Crippen LogP contribution in [0.5, 0.6) is 0 Å². The molecule has 63 heavy (non-hydrogen) atoms. The fourth-order valence-corrected chi connectivity index (χ4v) is 9.29. The van der Waals surface area contributed by atoms with Gasteiger partial charge in [0, 0.05) is 31.0 Å². The van der Waals surface area contributed by atoms with Crippen molar-refractivity contribution in [2.45, 2.75) is 43.7 Å². The first-order valence-electron chi connectivity index (χ1n) is 18.9. The number of rotatable bonds is 11. The molecule has 0 saturated heterocycles. The van der Waals surface area contributed by atoms with Crippen LogP contribution in [0, 0.1) is 23.4 Å². The highest BCUT2D eigenvalue weighted by molar-refractivity contribution is 7.92. The molecule has 2 aliphatic carbocycles. The molecule has 12 nitrogen and oxygen atoms in total. The van der Waals surface area contributed by atoms with E-state index in [1.54, 1.807) is 0 Å². The molecule has 7 aromatic rings. The van der Waals surface area contributed by atoms with E-state index in [-0.39, 0.29) is 66.7 Å². The molecule has 1 saturated carbocycles. The average molecular weight is 934 g/mol. The monoisotopic (exact) mass is 932 g/mol. The molecule has 1 fully saturated rings. The molecule has 326 valence electrons. The maximum Gasteiger partial charge on any atom is 0.293 e. The maximum absolute atomic E-state index is 15.5. The third kappa shape index (κ3) is 7.46. The number of halogens is 9. The number of aromatic nitrogens is 6. The van der Waals surface area contributed by atoms with Gasteiger partial charge < -0.3 is 5.32 Å². The van der Waals surface area contributed by atoms with Crippen molar-refractivity contribution in [3.63, 3.8) is 0 Å². The molecule has 0 unspecified atom stereocenters. The van der Waals surface area contributed by atoms with E-state index in [4.69, 9.17) is 28.2 Å². The standard InChI is InChI=1S/C41H29Cl2F7N8O4S/c1-56-35-30(8-7-26(43)33(35)38(54-56)55-63(2,61)62)58-39(52-28-13-19(3-5-22(28)40(58)60)18-4-6-25(42)27(46)12-18)29(11-17-9-20(44)14-21(45)10-17)51-31(59)16-57-36-32(34(53-57)37(47)48)23-15-24(23)41(36,49)50/h3-10,12-14,23-24,29,37H,11,15-16H2,1-2H3,(H,51,59)(H,54,55)/t23-,24-,29+/m1/s1. The van der Waals surface area contributed by atoms with Crippen LogP contribution in [-0.4, -0.2) is 49.7 Å². The molecule has 0 spiro atoms. The van der Waals surface area contributed by atoms with E-state index < -0.39 is 93.5 Å². The smallest absolute Gasteiger partial charge is 0.293 e. The Morgan fingerprint density at radius 2 is 1.63 bits per heavy atom. The molecule has 2 aliphatic rings. The number of benzene rings is 4. The van der Waals surface area contributed by atoms with Crippen molar-refractivity contribution in [3.05, 3.63) is 133 Å². The summed E-state index contributed by atoms with van der Waals surface area (Å²) in [6.45, 7) is -1.02. The SMILES string of the molecule is Cn1nc(NS(C)(=O)=O)c2c(Cl)ccc(-n3c([C@H](Cc4cc(F)cc(F)c4)NC(=O)Cn4nc(C(F)F)c5c4C(F)(F)[C@@H]4C[C@@H]54)nc4cc(-c5ccc(Cl)c(F)c5)ccc4c3=O)c21. The summed E-state index contributed by atoms with van der Waals surface area (Å²) in [6.07, 6.45) is -2.88. The Morgan fingerprint density at radius 3 is 2.32 bits per heavy atom. The average Bonchev–Trinajstić information content (AvgIpc) is 3.73. The lowest BCUT2D eigenvalue weighted by Crippen LogP contribution is -2.38. The summed E-state index contributed by atoms with van der Waals surface area (Å²) in [5, 5.41) is 10.5. The lowest BCUT2D eigenvalue weighted by atomic mass is 10.0. The number of aryl methyl sites for hydroxylation is 1. The molecule has 3 heterocycles. The summed E-state index contributed by atoms with van der Waals surface area (Å²) in [5.41, 5.74) is -2.17. The number of anilines is 1. The van der Waals surface area contributed by atoms with Crippen molar-refractivity contribution in [2.24, 2.45) is 13.0 Å². The molecular formula is C41H29Cl2F7N8O4S. The number of amides is 1. The van der Waals surface area contributed by atoms with Gasteiger partial charge >= 0.3 is 0 Å². The molecule has 4 aromatic carbocycles. The van der Waals surface area contributed by atoms with E-state index in [1.165, 1.54) is 54.2 Å². The molecule has 3 aromatic heterocycles. The Labute approximate surface area is 361 Å². The van der Waals surface area contributed by atoms with Crippen LogP contribution >= 0.6 is 23.2 Å². The van der Waals surface area contributed by atoms with Gasteiger partial charge in [0.05, 0.1) is 49.8 Å². The molecule has 22 heteroatoms. The zero-order valence-electron chi connectivity index (χ0n) is 32.4. The Kier molecular flexibility index (Phi) is 10.1. The van der Waals surface area contributed by atoms with Crippen LogP contribution in [0.25, 0.3) is 38.6 Å². The molecule has 2 N–H and O–H groups in total. The van der Waals surface area contributed by atoms with Crippen LogP contribution in [-0.2, 0) is 40.8 Å². The Morgan fingerprint density at radius 1 is 0.952 bits per heavy atom. The molecule has 1 amide bonds. The van der Waals surface area contributed by atoms with Crippen molar-refractivity contribution in [1.82, 2.24) is 34.4 Å². The predicted octanol–water partition coefficient (Wildman–Crippen LogP) is 8.48. The fraction of sp³-hybridized carbons (Fsp3) is 0.244. The highest BCUT2D eigenvalue weighted by Gasteiger charge is 2.67. The van der Waals surface area contributed by atoms with Crippen LogP contribution < -0.4 is 15.6 Å². The lowest BCUT2D eigenvalue weighted by Gasteiger charge is -2.24.